The van der Waals surface area contributed by atoms with Crippen molar-refractivity contribution >= 4 is 16.7 Å². The number of aliphatic hydroxyl groups is 1. The molecule has 1 N–H and O–H groups in total. The zero-order valence-corrected chi connectivity index (χ0v) is 14.6. The third-order valence-corrected chi connectivity index (χ3v) is 5.17. The van der Waals surface area contributed by atoms with Gasteiger partial charge in [0.2, 0.25) is 0 Å². The van der Waals surface area contributed by atoms with Gasteiger partial charge in [0.05, 0.1) is 0 Å². The van der Waals surface area contributed by atoms with Crippen molar-refractivity contribution in [2.75, 3.05) is 19.7 Å². The molecular formula is C22H22N2O2. The summed E-state index contributed by atoms with van der Waals surface area (Å²) in [5, 5.41) is 11.6. The number of likely N-dealkylation sites (tertiary alicyclic amines) is 1. The Labute approximate surface area is 153 Å². The highest BCUT2D eigenvalue weighted by Gasteiger charge is 2.24. The molecule has 1 aromatic heterocycles. The Kier molecular flexibility index (Phi) is 4.67. The van der Waals surface area contributed by atoms with Gasteiger partial charge in [-0.3, -0.25) is 9.78 Å². The fourth-order valence-electron chi connectivity index (χ4n) is 3.68. The first-order valence-electron chi connectivity index (χ1n) is 9.09. The highest BCUT2D eigenvalue weighted by atomic mass is 16.3. The Balaban J connectivity index is 1.61. The van der Waals surface area contributed by atoms with E-state index in [1.165, 1.54) is 0 Å². The number of aliphatic hydroxyl groups excluding tert-OH is 1. The highest BCUT2D eigenvalue weighted by molar-refractivity contribution is 5.99. The van der Waals surface area contributed by atoms with Gasteiger partial charge >= 0.3 is 0 Å². The predicted octanol–water partition coefficient (Wildman–Crippen LogP) is 3.75. The van der Waals surface area contributed by atoms with Crippen molar-refractivity contribution in [1.82, 2.24) is 9.88 Å². The van der Waals surface area contributed by atoms with Crippen LogP contribution in [0.25, 0.3) is 21.9 Å². The summed E-state index contributed by atoms with van der Waals surface area (Å²) in [5.74, 6) is 0.263. The number of aromatic nitrogens is 1. The van der Waals surface area contributed by atoms with E-state index in [1.54, 1.807) is 12.4 Å². The van der Waals surface area contributed by atoms with Gasteiger partial charge in [-0.05, 0) is 71.0 Å². The van der Waals surface area contributed by atoms with Gasteiger partial charge < -0.3 is 10.0 Å². The third kappa shape index (κ3) is 3.33. The minimum absolute atomic E-state index is 0.0586. The Morgan fingerprint density at radius 1 is 1.04 bits per heavy atom. The van der Waals surface area contributed by atoms with E-state index in [1.807, 2.05) is 35.2 Å². The quantitative estimate of drug-likeness (QED) is 0.786. The van der Waals surface area contributed by atoms with Crippen molar-refractivity contribution in [1.29, 1.82) is 0 Å². The summed E-state index contributed by atoms with van der Waals surface area (Å²) in [5.41, 5.74) is 2.99. The van der Waals surface area contributed by atoms with Crippen LogP contribution >= 0.6 is 0 Å². The molecule has 4 heteroatoms. The summed E-state index contributed by atoms with van der Waals surface area (Å²) in [4.78, 5) is 18.8. The van der Waals surface area contributed by atoms with Crippen molar-refractivity contribution in [2.24, 2.45) is 5.92 Å². The van der Waals surface area contributed by atoms with E-state index in [-0.39, 0.29) is 18.4 Å². The lowest BCUT2D eigenvalue weighted by Gasteiger charge is -2.32. The minimum Gasteiger partial charge on any atom is -0.396 e. The van der Waals surface area contributed by atoms with Crippen LogP contribution in [0.3, 0.4) is 0 Å². The number of benzene rings is 2. The molecule has 1 fully saturated rings. The number of fused-ring (bicyclic) bond motifs is 1. The first-order chi connectivity index (χ1) is 12.7. The zero-order chi connectivity index (χ0) is 17.9. The standard InChI is InChI=1S/C22H22N2O2/c25-15-16-2-1-11-24(14-16)22(26)21-6-5-19-12-18(3-4-20(19)13-21)17-7-9-23-10-8-17/h3-10,12-13,16,25H,1-2,11,14-15H2. The molecule has 4 nitrogen and oxygen atoms in total. The molecule has 132 valence electrons. The number of amides is 1. The maximum absolute atomic E-state index is 12.8. The van der Waals surface area contributed by atoms with Crippen molar-refractivity contribution < 1.29 is 9.90 Å². The van der Waals surface area contributed by atoms with Crippen LogP contribution in [0.5, 0.6) is 0 Å². The number of hydrogen-bond donors (Lipinski definition) is 1. The molecule has 0 spiro atoms. The van der Waals surface area contributed by atoms with Crippen molar-refractivity contribution in [2.45, 2.75) is 12.8 Å². The number of hydrogen-bond acceptors (Lipinski definition) is 3. The first-order valence-corrected chi connectivity index (χ1v) is 9.09. The molecule has 1 unspecified atom stereocenters. The predicted molar refractivity (Wildman–Crippen MR) is 103 cm³/mol. The summed E-state index contributed by atoms with van der Waals surface area (Å²) >= 11 is 0. The van der Waals surface area contributed by atoms with Crippen LogP contribution in [-0.2, 0) is 0 Å². The molecule has 0 radical (unpaired) electrons. The largest absolute Gasteiger partial charge is 0.396 e. The van der Waals surface area contributed by atoms with Crippen molar-refractivity contribution in [3.63, 3.8) is 0 Å². The molecule has 0 saturated carbocycles. The van der Waals surface area contributed by atoms with Gasteiger partial charge in [-0.1, -0.05) is 18.2 Å². The van der Waals surface area contributed by atoms with Crippen molar-refractivity contribution in [3.8, 4) is 11.1 Å². The molecule has 3 aromatic rings. The first kappa shape index (κ1) is 16.7. The van der Waals surface area contributed by atoms with Crippen LogP contribution in [-0.4, -0.2) is 40.6 Å². The second kappa shape index (κ2) is 7.26. The van der Waals surface area contributed by atoms with Gasteiger partial charge in [0.1, 0.15) is 0 Å². The van der Waals surface area contributed by atoms with E-state index < -0.39 is 0 Å². The van der Waals surface area contributed by atoms with Gasteiger partial charge in [-0.2, -0.15) is 0 Å². The lowest BCUT2D eigenvalue weighted by molar-refractivity contribution is 0.0621. The second-order valence-corrected chi connectivity index (χ2v) is 6.95. The summed E-state index contributed by atoms with van der Waals surface area (Å²) in [6.45, 7) is 1.57. The van der Waals surface area contributed by atoms with E-state index >= 15 is 0 Å². The van der Waals surface area contributed by atoms with Crippen LogP contribution in [0.4, 0.5) is 0 Å². The van der Waals surface area contributed by atoms with Gasteiger partial charge in [-0.15, -0.1) is 0 Å². The molecular weight excluding hydrogens is 324 g/mol. The van der Waals surface area contributed by atoms with E-state index in [9.17, 15) is 9.90 Å². The topological polar surface area (TPSA) is 53.4 Å². The van der Waals surface area contributed by atoms with Crippen LogP contribution < -0.4 is 0 Å². The molecule has 4 rings (SSSR count). The number of carbonyl (C=O) groups is 1. The number of nitrogens with zero attached hydrogens (tertiary/aromatic N) is 2. The summed E-state index contributed by atoms with van der Waals surface area (Å²) in [6, 6.07) is 16.2. The van der Waals surface area contributed by atoms with Crippen molar-refractivity contribution in [3.05, 3.63) is 66.5 Å². The summed E-state index contributed by atoms with van der Waals surface area (Å²) in [7, 11) is 0. The van der Waals surface area contributed by atoms with Crippen LogP contribution in [0.2, 0.25) is 0 Å². The van der Waals surface area contributed by atoms with Gasteiger partial charge in [0.25, 0.3) is 5.91 Å². The second-order valence-electron chi connectivity index (χ2n) is 6.95. The Morgan fingerprint density at radius 2 is 1.81 bits per heavy atom. The molecule has 1 atom stereocenters. The molecule has 2 heterocycles. The van der Waals surface area contributed by atoms with Gasteiger partial charge in [-0.25, -0.2) is 0 Å². The minimum atomic E-state index is 0.0586. The molecule has 0 bridgehead atoms. The Morgan fingerprint density at radius 3 is 2.62 bits per heavy atom. The summed E-state index contributed by atoms with van der Waals surface area (Å²) < 4.78 is 0. The van der Waals surface area contributed by atoms with Gasteiger partial charge in [0.15, 0.2) is 0 Å². The van der Waals surface area contributed by atoms with Gasteiger partial charge in [0, 0.05) is 37.7 Å². The average molecular weight is 346 g/mol. The number of piperidine rings is 1. The molecule has 0 aliphatic carbocycles. The third-order valence-electron chi connectivity index (χ3n) is 5.17. The monoisotopic (exact) mass is 346 g/mol. The van der Waals surface area contributed by atoms with Crippen LogP contribution in [0.1, 0.15) is 23.2 Å². The van der Waals surface area contributed by atoms with E-state index in [2.05, 4.69) is 23.2 Å². The lowest BCUT2D eigenvalue weighted by atomic mass is 9.97. The Hall–Kier alpha value is -2.72. The number of pyridine rings is 1. The van der Waals surface area contributed by atoms with Crippen LogP contribution in [0.15, 0.2) is 60.9 Å². The average Bonchev–Trinajstić information content (AvgIpc) is 2.73. The summed E-state index contributed by atoms with van der Waals surface area (Å²) in [6.07, 6.45) is 5.54. The maximum Gasteiger partial charge on any atom is 0.253 e. The van der Waals surface area contributed by atoms with E-state index in [4.69, 9.17) is 0 Å². The van der Waals surface area contributed by atoms with E-state index in [0.29, 0.717) is 12.1 Å². The molecule has 1 saturated heterocycles. The highest BCUT2D eigenvalue weighted by Crippen LogP contribution is 2.26. The number of carbonyl (C=O) groups excluding carboxylic acids is 1. The number of rotatable bonds is 3. The van der Waals surface area contributed by atoms with Crippen LogP contribution in [0, 0.1) is 5.92 Å². The zero-order valence-electron chi connectivity index (χ0n) is 14.6. The van der Waals surface area contributed by atoms with E-state index in [0.717, 1.165) is 41.3 Å². The maximum atomic E-state index is 12.8. The smallest absolute Gasteiger partial charge is 0.253 e. The Bertz CT molecular complexity index is 924. The molecule has 26 heavy (non-hydrogen) atoms. The normalized spacial score (nSPS) is 17.4. The molecule has 2 aromatic carbocycles. The molecule has 1 amide bonds. The molecule has 1 aliphatic rings. The lowest BCUT2D eigenvalue weighted by Crippen LogP contribution is -2.40. The molecule has 1 aliphatic heterocycles. The fourth-order valence-corrected chi connectivity index (χ4v) is 3.68. The SMILES string of the molecule is O=C(c1ccc2cc(-c3ccncc3)ccc2c1)N1CCCC(CO)C1. The fraction of sp³-hybridized carbons (Fsp3) is 0.273.